The highest BCUT2D eigenvalue weighted by atomic mass is 79.9. The third-order valence-electron chi connectivity index (χ3n) is 3.10. The Balaban J connectivity index is 1.87. The van der Waals surface area contributed by atoms with E-state index in [2.05, 4.69) is 21.2 Å². The van der Waals surface area contributed by atoms with E-state index in [0.717, 1.165) is 14.9 Å². The van der Waals surface area contributed by atoms with Crippen LogP contribution < -0.4 is 5.32 Å². The predicted molar refractivity (Wildman–Crippen MR) is 96.0 cm³/mol. The molecule has 0 saturated heterocycles. The number of nitrogens with one attached hydrogen (secondary N) is 1. The van der Waals surface area contributed by atoms with Crippen LogP contribution in [0, 0.1) is 6.92 Å². The molecule has 0 aliphatic rings. The first kappa shape index (κ1) is 17.6. The molecule has 0 aliphatic carbocycles. The van der Waals surface area contributed by atoms with E-state index in [1.165, 1.54) is 0 Å². The van der Waals surface area contributed by atoms with Crippen LogP contribution in [-0.4, -0.2) is 24.7 Å². The molecular formula is C17H16BrNO3S. The lowest BCUT2D eigenvalue weighted by Gasteiger charge is -2.08. The molecule has 0 atom stereocenters. The van der Waals surface area contributed by atoms with Crippen LogP contribution in [0.4, 0.5) is 5.69 Å². The minimum atomic E-state index is -0.514. The maximum absolute atomic E-state index is 11.9. The summed E-state index contributed by atoms with van der Waals surface area (Å²) in [6.45, 7) is 1.61. The number of thioether (sulfide) groups is 1. The van der Waals surface area contributed by atoms with Gasteiger partial charge in [0.05, 0.1) is 5.56 Å². The highest BCUT2D eigenvalue weighted by molar-refractivity contribution is 9.10. The number of ether oxygens (including phenoxy) is 1. The molecule has 2 rings (SSSR count). The lowest BCUT2D eigenvalue weighted by atomic mass is 10.2. The number of esters is 1. The molecule has 2 aromatic carbocycles. The number of amides is 1. The lowest BCUT2D eigenvalue weighted by Crippen LogP contribution is -2.21. The van der Waals surface area contributed by atoms with E-state index < -0.39 is 5.97 Å². The number of rotatable bonds is 5. The lowest BCUT2D eigenvalue weighted by molar-refractivity contribution is -0.119. The standard InChI is InChI=1S/C17H16BrNO3S/c1-11-9-13(5-8-15(11)18)19-16(20)10-22-17(21)12-3-6-14(23-2)7-4-12/h3-9H,10H2,1-2H3,(H,19,20). The van der Waals surface area contributed by atoms with Crippen molar-refractivity contribution in [2.75, 3.05) is 18.2 Å². The number of carbonyl (C=O) groups is 2. The van der Waals surface area contributed by atoms with Crippen molar-refractivity contribution in [2.24, 2.45) is 0 Å². The molecule has 0 fully saturated rings. The molecule has 6 heteroatoms. The Hall–Kier alpha value is -1.79. The van der Waals surface area contributed by atoms with E-state index in [9.17, 15) is 9.59 Å². The van der Waals surface area contributed by atoms with E-state index in [1.807, 2.05) is 37.4 Å². The normalized spacial score (nSPS) is 10.2. The number of halogens is 1. The highest BCUT2D eigenvalue weighted by Gasteiger charge is 2.10. The monoisotopic (exact) mass is 393 g/mol. The Morgan fingerprint density at radius 3 is 2.48 bits per heavy atom. The molecule has 120 valence electrons. The topological polar surface area (TPSA) is 55.4 Å². The van der Waals surface area contributed by atoms with Gasteiger partial charge < -0.3 is 10.1 Å². The molecule has 0 bridgehead atoms. The van der Waals surface area contributed by atoms with E-state index in [0.29, 0.717) is 11.3 Å². The van der Waals surface area contributed by atoms with Crippen LogP contribution in [0.15, 0.2) is 51.8 Å². The van der Waals surface area contributed by atoms with Gasteiger partial charge in [-0.05, 0) is 61.2 Å². The van der Waals surface area contributed by atoms with Crippen molar-refractivity contribution in [2.45, 2.75) is 11.8 Å². The summed E-state index contributed by atoms with van der Waals surface area (Å²) >= 11 is 4.99. The molecule has 0 aromatic heterocycles. The molecule has 1 N–H and O–H groups in total. The summed E-state index contributed by atoms with van der Waals surface area (Å²) in [7, 11) is 0. The quantitative estimate of drug-likeness (QED) is 0.608. The van der Waals surface area contributed by atoms with Crippen LogP contribution in [0.3, 0.4) is 0 Å². The third kappa shape index (κ3) is 5.11. The van der Waals surface area contributed by atoms with Gasteiger partial charge in [0.1, 0.15) is 0 Å². The van der Waals surface area contributed by atoms with Crippen LogP contribution in [0.2, 0.25) is 0 Å². The second-order valence-electron chi connectivity index (χ2n) is 4.82. The first-order chi connectivity index (χ1) is 11.0. The first-order valence-electron chi connectivity index (χ1n) is 6.87. The fourth-order valence-electron chi connectivity index (χ4n) is 1.86. The minimum Gasteiger partial charge on any atom is -0.452 e. The van der Waals surface area contributed by atoms with Crippen LogP contribution in [0.1, 0.15) is 15.9 Å². The van der Waals surface area contributed by atoms with Crippen molar-refractivity contribution in [1.82, 2.24) is 0 Å². The minimum absolute atomic E-state index is 0.321. The van der Waals surface area contributed by atoms with Crippen molar-refractivity contribution in [3.05, 3.63) is 58.1 Å². The van der Waals surface area contributed by atoms with Crippen LogP contribution in [0.5, 0.6) is 0 Å². The van der Waals surface area contributed by atoms with Gasteiger partial charge in [-0.2, -0.15) is 0 Å². The summed E-state index contributed by atoms with van der Waals surface area (Å²) < 4.78 is 5.99. The fraction of sp³-hybridized carbons (Fsp3) is 0.176. The first-order valence-corrected chi connectivity index (χ1v) is 8.88. The summed E-state index contributed by atoms with van der Waals surface area (Å²) in [6, 6.07) is 12.5. The zero-order valence-corrected chi connectivity index (χ0v) is 15.2. The number of carbonyl (C=O) groups excluding carboxylic acids is 2. The number of aryl methyl sites for hydroxylation is 1. The molecule has 0 unspecified atom stereocenters. The summed E-state index contributed by atoms with van der Waals surface area (Å²) in [4.78, 5) is 24.8. The van der Waals surface area contributed by atoms with Crippen molar-refractivity contribution in [3.8, 4) is 0 Å². The Morgan fingerprint density at radius 1 is 1.17 bits per heavy atom. The molecular weight excluding hydrogens is 378 g/mol. The Morgan fingerprint density at radius 2 is 1.87 bits per heavy atom. The van der Waals surface area contributed by atoms with Crippen LogP contribution in [0.25, 0.3) is 0 Å². The van der Waals surface area contributed by atoms with E-state index in [-0.39, 0.29) is 12.5 Å². The van der Waals surface area contributed by atoms with Crippen LogP contribution >= 0.6 is 27.7 Å². The summed E-state index contributed by atoms with van der Waals surface area (Å²) in [5, 5.41) is 2.69. The zero-order chi connectivity index (χ0) is 16.8. The molecule has 0 radical (unpaired) electrons. The van der Waals surface area contributed by atoms with Crippen molar-refractivity contribution >= 4 is 45.3 Å². The predicted octanol–water partition coefficient (Wildman–Crippen LogP) is 4.27. The Bertz CT molecular complexity index is 716. The Labute approximate surface area is 147 Å². The summed E-state index contributed by atoms with van der Waals surface area (Å²) in [6.07, 6.45) is 1.96. The molecule has 0 heterocycles. The fourth-order valence-corrected chi connectivity index (χ4v) is 2.52. The van der Waals surface area contributed by atoms with Gasteiger partial charge in [0.25, 0.3) is 5.91 Å². The van der Waals surface area contributed by atoms with Crippen molar-refractivity contribution in [3.63, 3.8) is 0 Å². The third-order valence-corrected chi connectivity index (χ3v) is 4.74. The molecule has 23 heavy (non-hydrogen) atoms. The number of benzene rings is 2. The largest absolute Gasteiger partial charge is 0.452 e. The smallest absolute Gasteiger partial charge is 0.338 e. The van der Waals surface area contributed by atoms with Gasteiger partial charge in [-0.25, -0.2) is 4.79 Å². The maximum Gasteiger partial charge on any atom is 0.338 e. The SMILES string of the molecule is CSc1ccc(C(=O)OCC(=O)Nc2ccc(Br)c(C)c2)cc1. The van der Waals surface area contributed by atoms with Crippen molar-refractivity contribution < 1.29 is 14.3 Å². The maximum atomic E-state index is 11.9. The van der Waals surface area contributed by atoms with E-state index >= 15 is 0 Å². The molecule has 0 aliphatic heterocycles. The number of hydrogen-bond acceptors (Lipinski definition) is 4. The average Bonchev–Trinajstić information content (AvgIpc) is 2.56. The van der Waals surface area contributed by atoms with E-state index in [1.54, 1.807) is 30.0 Å². The van der Waals surface area contributed by atoms with Gasteiger partial charge in [0.15, 0.2) is 6.61 Å². The summed E-state index contributed by atoms with van der Waals surface area (Å²) in [5.74, 6) is -0.888. The van der Waals surface area contributed by atoms with Gasteiger partial charge in [-0.1, -0.05) is 15.9 Å². The summed E-state index contributed by atoms with van der Waals surface area (Å²) in [5.41, 5.74) is 2.10. The van der Waals surface area contributed by atoms with Gasteiger partial charge in [-0.3, -0.25) is 4.79 Å². The van der Waals surface area contributed by atoms with Gasteiger partial charge >= 0.3 is 5.97 Å². The zero-order valence-electron chi connectivity index (χ0n) is 12.8. The van der Waals surface area contributed by atoms with Gasteiger partial charge in [0, 0.05) is 15.1 Å². The van der Waals surface area contributed by atoms with Gasteiger partial charge in [-0.15, -0.1) is 11.8 Å². The molecule has 1 amide bonds. The Kier molecular flexibility index (Phi) is 6.24. The van der Waals surface area contributed by atoms with Crippen LogP contribution in [-0.2, 0) is 9.53 Å². The highest BCUT2D eigenvalue weighted by Crippen LogP contribution is 2.20. The molecule has 0 spiro atoms. The van der Waals surface area contributed by atoms with E-state index in [4.69, 9.17) is 4.74 Å². The second-order valence-corrected chi connectivity index (χ2v) is 6.55. The number of hydrogen-bond donors (Lipinski definition) is 1. The number of anilines is 1. The molecule has 0 saturated carbocycles. The van der Waals surface area contributed by atoms with Gasteiger partial charge in [0.2, 0.25) is 0 Å². The average molecular weight is 394 g/mol. The second kappa shape index (κ2) is 8.17. The van der Waals surface area contributed by atoms with Crippen molar-refractivity contribution in [1.29, 1.82) is 0 Å². The molecule has 4 nitrogen and oxygen atoms in total. The molecule has 2 aromatic rings.